The van der Waals surface area contributed by atoms with Crippen LogP contribution in [0, 0.1) is 0 Å². The molecule has 1 aromatic carbocycles. The molecule has 0 saturated carbocycles. The Labute approximate surface area is 110 Å². The maximum atomic E-state index is 11.1. The van der Waals surface area contributed by atoms with E-state index in [1.165, 1.54) is 14.2 Å². The first-order valence-corrected chi connectivity index (χ1v) is 5.57. The molecule has 0 saturated heterocycles. The quantitative estimate of drug-likeness (QED) is 0.913. The lowest BCUT2D eigenvalue weighted by atomic mass is 10.0. The molecule has 5 heteroatoms. The minimum absolute atomic E-state index is 0.121. The van der Waals surface area contributed by atoms with E-state index in [-0.39, 0.29) is 5.56 Å². The summed E-state index contributed by atoms with van der Waals surface area (Å²) in [4.78, 5) is 15.2. The molecule has 0 aliphatic carbocycles. The van der Waals surface area contributed by atoms with Crippen molar-refractivity contribution in [3.8, 4) is 22.8 Å². The first kappa shape index (κ1) is 12.9. The molecule has 19 heavy (non-hydrogen) atoms. The van der Waals surface area contributed by atoms with E-state index in [9.17, 15) is 4.79 Å². The van der Waals surface area contributed by atoms with Gasteiger partial charge in [-0.2, -0.15) is 0 Å². The van der Waals surface area contributed by atoms with Crippen LogP contribution >= 0.6 is 0 Å². The van der Waals surface area contributed by atoms with Gasteiger partial charge in [0.15, 0.2) is 0 Å². The summed E-state index contributed by atoms with van der Waals surface area (Å²) in [7, 11) is 2.98. The largest absolute Gasteiger partial charge is 0.496 e. The van der Waals surface area contributed by atoms with Crippen molar-refractivity contribution < 1.29 is 19.4 Å². The second kappa shape index (κ2) is 5.39. The zero-order chi connectivity index (χ0) is 13.8. The van der Waals surface area contributed by atoms with Gasteiger partial charge in [0.2, 0.25) is 5.88 Å². The van der Waals surface area contributed by atoms with Crippen LogP contribution in [0.4, 0.5) is 0 Å². The Balaban J connectivity index is 2.44. The highest BCUT2D eigenvalue weighted by Gasteiger charge is 2.12. The first-order chi connectivity index (χ1) is 9.15. The van der Waals surface area contributed by atoms with Crippen LogP contribution < -0.4 is 9.47 Å². The van der Waals surface area contributed by atoms with E-state index in [1.807, 2.05) is 6.07 Å². The standard InChI is InChI=1S/C14H13NO4/c1-18-12-5-3-9(7-11(12)14(16)17)10-4-6-13(19-2)15-8-10/h3-8H,1-2H3,(H,16,17). The highest BCUT2D eigenvalue weighted by Crippen LogP contribution is 2.27. The summed E-state index contributed by atoms with van der Waals surface area (Å²) in [5.74, 6) is -0.186. The Kier molecular flexibility index (Phi) is 3.66. The van der Waals surface area contributed by atoms with Gasteiger partial charge in [0.1, 0.15) is 11.3 Å². The number of ether oxygens (including phenoxy) is 2. The van der Waals surface area contributed by atoms with Gasteiger partial charge in [0.25, 0.3) is 0 Å². The lowest BCUT2D eigenvalue weighted by molar-refractivity contribution is 0.0693. The van der Waals surface area contributed by atoms with Crippen molar-refractivity contribution in [1.29, 1.82) is 0 Å². The fourth-order valence-corrected chi connectivity index (χ4v) is 1.73. The number of carboxylic acids is 1. The summed E-state index contributed by atoms with van der Waals surface area (Å²) >= 11 is 0. The highest BCUT2D eigenvalue weighted by atomic mass is 16.5. The molecule has 0 aliphatic rings. The molecule has 1 heterocycles. The van der Waals surface area contributed by atoms with E-state index in [1.54, 1.807) is 30.5 Å². The van der Waals surface area contributed by atoms with E-state index < -0.39 is 5.97 Å². The molecule has 1 N–H and O–H groups in total. The van der Waals surface area contributed by atoms with E-state index in [0.717, 1.165) is 11.1 Å². The fraction of sp³-hybridized carbons (Fsp3) is 0.143. The number of rotatable bonds is 4. The SMILES string of the molecule is COc1ccc(-c2ccc(OC)c(C(=O)O)c2)cn1. The van der Waals surface area contributed by atoms with Crippen LogP contribution in [0.2, 0.25) is 0 Å². The van der Waals surface area contributed by atoms with E-state index in [4.69, 9.17) is 14.6 Å². The molecule has 0 unspecified atom stereocenters. The molecular formula is C14H13NO4. The van der Waals surface area contributed by atoms with Gasteiger partial charge < -0.3 is 14.6 Å². The third-order valence-electron chi connectivity index (χ3n) is 2.71. The van der Waals surface area contributed by atoms with Gasteiger partial charge in [0, 0.05) is 17.8 Å². The number of carboxylic acid groups (broad SMARTS) is 1. The molecule has 0 amide bonds. The van der Waals surface area contributed by atoms with Gasteiger partial charge in [0.05, 0.1) is 14.2 Å². The summed E-state index contributed by atoms with van der Waals surface area (Å²) in [6.45, 7) is 0. The van der Waals surface area contributed by atoms with Gasteiger partial charge in [-0.05, 0) is 23.8 Å². The zero-order valence-electron chi connectivity index (χ0n) is 10.6. The predicted molar refractivity (Wildman–Crippen MR) is 69.7 cm³/mol. The Morgan fingerprint density at radius 1 is 1.11 bits per heavy atom. The van der Waals surface area contributed by atoms with E-state index >= 15 is 0 Å². The molecule has 5 nitrogen and oxygen atoms in total. The minimum Gasteiger partial charge on any atom is -0.496 e. The van der Waals surface area contributed by atoms with Crippen molar-refractivity contribution >= 4 is 5.97 Å². The summed E-state index contributed by atoms with van der Waals surface area (Å²) in [5, 5.41) is 9.13. The van der Waals surface area contributed by atoms with Gasteiger partial charge >= 0.3 is 5.97 Å². The van der Waals surface area contributed by atoms with Crippen molar-refractivity contribution in [2.75, 3.05) is 14.2 Å². The average Bonchev–Trinajstić information content (AvgIpc) is 2.46. The molecule has 1 aromatic heterocycles. The lowest BCUT2D eigenvalue weighted by Gasteiger charge is -2.08. The number of hydrogen-bond acceptors (Lipinski definition) is 4. The number of benzene rings is 1. The van der Waals surface area contributed by atoms with Crippen LogP contribution in [0.1, 0.15) is 10.4 Å². The van der Waals surface area contributed by atoms with Crippen molar-refractivity contribution in [3.63, 3.8) is 0 Å². The van der Waals surface area contributed by atoms with Crippen molar-refractivity contribution in [2.24, 2.45) is 0 Å². The molecule has 0 atom stereocenters. The van der Waals surface area contributed by atoms with Crippen LogP contribution in [0.15, 0.2) is 36.5 Å². The Morgan fingerprint density at radius 2 is 1.84 bits per heavy atom. The van der Waals surface area contributed by atoms with Gasteiger partial charge in [-0.15, -0.1) is 0 Å². The third-order valence-corrected chi connectivity index (χ3v) is 2.71. The zero-order valence-corrected chi connectivity index (χ0v) is 10.6. The van der Waals surface area contributed by atoms with Crippen LogP contribution in [-0.2, 0) is 0 Å². The monoisotopic (exact) mass is 259 g/mol. The number of methoxy groups -OCH3 is 2. The fourth-order valence-electron chi connectivity index (χ4n) is 1.73. The topological polar surface area (TPSA) is 68.7 Å². The number of hydrogen-bond donors (Lipinski definition) is 1. The molecule has 0 fully saturated rings. The Bertz CT molecular complexity index is 593. The maximum absolute atomic E-state index is 11.1. The van der Waals surface area contributed by atoms with E-state index in [2.05, 4.69) is 4.98 Å². The average molecular weight is 259 g/mol. The molecule has 0 radical (unpaired) electrons. The smallest absolute Gasteiger partial charge is 0.339 e. The van der Waals surface area contributed by atoms with Crippen LogP contribution in [0.5, 0.6) is 11.6 Å². The number of pyridine rings is 1. The number of aromatic nitrogens is 1. The Morgan fingerprint density at radius 3 is 2.37 bits per heavy atom. The normalized spacial score (nSPS) is 10.0. The molecule has 98 valence electrons. The van der Waals surface area contributed by atoms with Gasteiger partial charge in [-0.25, -0.2) is 9.78 Å². The number of nitrogens with zero attached hydrogens (tertiary/aromatic N) is 1. The second-order valence-electron chi connectivity index (χ2n) is 3.81. The molecule has 2 aromatic rings. The maximum Gasteiger partial charge on any atom is 0.339 e. The highest BCUT2D eigenvalue weighted by molar-refractivity contribution is 5.92. The van der Waals surface area contributed by atoms with Gasteiger partial charge in [-0.3, -0.25) is 0 Å². The molecule has 0 aliphatic heterocycles. The number of carbonyl (C=O) groups is 1. The van der Waals surface area contributed by atoms with Gasteiger partial charge in [-0.1, -0.05) is 6.07 Å². The van der Waals surface area contributed by atoms with Crippen molar-refractivity contribution in [2.45, 2.75) is 0 Å². The van der Waals surface area contributed by atoms with E-state index in [0.29, 0.717) is 11.6 Å². The summed E-state index contributed by atoms with van der Waals surface area (Å²) < 4.78 is 10.00. The molecular weight excluding hydrogens is 246 g/mol. The molecule has 0 spiro atoms. The number of aromatic carboxylic acids is 1. The summed E-state index contributed by atoms with van der Waals surface area (Å²) in [5.41, 5.74) is 1.69. The molecule has 2 rings (SSSR count). The Hall–Kier alpha value is -2.56. The van der Waals surface area contributed by atoms with Crippen LogP contribution in [0.3, 0.4) is 0 Å². The minimum atomic E-state index is -1.03. The van der Waals surface area contributed by atoms with Crippen molar-refractivity contribution in [3.05, 3.63) is 42.1 Å². The lowest BCUT2D eigenvalue weighted by Crippen LogP contribution is -2.00. The predicted octanol–water partition coefficient (Wildman–Crippen LogP) is 2.46. The van der Waals surface area contributed by atoms with Crippen molar-refractivity contribution in [1.82, 2.24) is 4.98 Å². The molecule has 0 bridgehead atoms. The summed E-state index contributed by atoms with van der Waals surface area (Å²) in [6.07, 6.45) is 1.63. The van der Waals surface area contributed by atoms with Crippen LogP contribution in [0.25, 0.3) is 11.1 Å². The summed E-state index contributed by atoms with van der Waals surface area (Å²) in [6, 6.07) is 8.52. The van der Waals surface area contributed by atoms with Crippen LogP contribution in [-0.4, -0.2) is 30.3 Å². The first-order valence-electron chi connectivity index (χ1n) is 5.57. The second-order valence-corrected chi connectivity index (χ2v) is 3.81. The third kappa shape index (κ3) is 2.65.